The van der Waals surface area contributed by atoms with Gasteiger partial charge in [-0.1, -0.05) is 45.4 Å². The number of para-hydroxylation sites is 1. The molecule has 2 fully saturated rings. The van der Waals surface area contributed by atoms with Crippen molar-refractivity contribution in [3.05, 3.63) is 29.8 Å². The fourth-order valence-electron chi connectivity index (χ4n) is 4.39. The number of benzene rings is 1. The van der Waals surface area contributed by atoms with Crippen LogP contribution in [0.4, 0.5) is 10.5 Å². The summed E-state index contributed by atoms with van der Waals surface area (Å²) in [4.78, 5) is 39.0. The zero-order valence-corrected chi connectivity index (χ0v) is 17.3. The molecule has 3 rings (SSSR count). The first kappa shape index (κ1) is 20.4. The molecule has 2 aliphatic rings. The van der Waals surface area contributed by atoms with Gasteiger partial charge in [-0.15, -0.1) is 0 Å². The number of hydrogen-bond donors (Lipinski definition) is 2. The molecule has 152 valence electrons. The molecule has 6 nitrogen and oxygen atoms in total. The van der Waals surface area contributed by atoms with Gasteiger partial charge in [-0.2, -0.15) is 0 Å². The third-order valence-corrected chi connectivity index (χ3v) is 6.82. The SMILES string of the molecule is CCC(C)(C)C1CCC2(CC1)NC(=O)N(CC(=O)Nc1ccccc1C)C2=O. The van der Waals surface area contributed by atoms with Crippen LogP contribution in [-0.2, 0) is 9.59 Å². The molecule has 1 spiro atoms. The number of rotatable bonds is 5. The van der Waals surface area contributed by atoms with Crippen molar-refractivity contribution in [2.45, 2.75) is 65.3 Å². The molecular weight excluding hydrogens is 354 g/mol. The lowest BCUT2D eigenvalue weighted by atomic mass is 9.65. The summed E-state index contributed by atoms with van der Waals surface area (Å²) in [6.07, 6.45) is 4.20. The van der Waals surface area contributed by atoms with Gasteiger partial charge in [0.25, 0.3) is 5.91 Å². The maximum atomic E-state index is 13.0. The minimum atomic E-state index is -0.833. The van der Waals surface area contributed by atoms with Gasteiger partial charge < -0.3 is 10.6 Å². The highest BCUT2D eigenvalue weighted by Crippen LogP contribution is 2.45. The Hall–Kier alpha value is -2.37. The number of urea groups is 1. The molecule has 1 aromatic carbocycles. The fourth-order valence-corrected chi connectivity index (χ4v) is 4.39. The molecule has 0 radical (unpaired) electrons. The Kier molecular flexibility index (Phi) is 5.50. The van der Waals surface area contributed by atoms with E-state index in [4.69, 9.17) is 0 Å². The monoisotopic (exact) mass is 385 g/mol. The van der Waals surface area contributed by atoms with E-state index < -0.39 is 11.6 Å². The van der Waals surface area contributed by atoms with E-state index >= 15 is 0 Å². The average Bonchev–Trinajstić information content (AvgIpc) is 2.88. The normalized spacial score (nSPS) is 25.1. The van der Waals surface area contributed by atoms with Gasteiger partial charge in [-0.05, 0) is 55.6 Å². The topological polar surface area (TPSA) is 78.5 Å². The Balaban J connectivity index is 1.64. The van der Waals surface area contributed by atoms with Crippen LogP contribution in [-0.4, -0.2) is 34.8 Å². The van der Waals surface area contributed by atoms with Gasteiger partial charge in [0, 0.05) is 5.69 Å². The zero-order chi connectivity index (χ0) is 20.5. The molecule has 6 heteroatoms. The molecule has 28 heavy (non-hydrogen) atoms. The van der Waals surface area contributed by atoms with Gasteiger partial charge >= 0.3 is 6.03 Å². The van der Waals surface area contributed by atoms with Gasteiger partial charge in [0.05, 0.1) is 0 Å². The van der Waals surface area contributed by atoms with Crippen molar-refractivity contribution in [1.29, 1.82) is 0 Å². The summed E-state index contributed by atoms with van der Waals surface area (Å²) in [5, 5.41) is 5.69. The van der Waals surface area contributed by atoms with Crippen LogP contribution in [0.5, 0.6) is 0 Å². The highest BCUT2D eigenvalue weighted by molar-refractivity contribution is 6.10. The van der Waals surface area contributed by atoms with Crippen LogP contribution < -0.4 is 10.6 Å². The molecule has 0 atom stereocenters. The third-order valence-electron chi connectivity index (χ3n) is 6.82. The number of anilines is 1. The van der Waals surface area contributed by atoms with E-state index in [-0.39, 0.29) is 23.8 Å². The van der Waals surface area contributed by atoms with Crippen molar-refractivity contribution in [1.82, 2.24) is 10.2 Å². The van der Waals surface area contributed by atoms with Crippen LogP contribution in [0.15, 0.2) is 24.3 Å². The van der Waals surface area contributed by atoms with Gasteiger partial charge in [0.2, 0.25) is 5.91 Å². The number of carbonyl (C=O) groups is 3. The van der Waals surface area contributed by atoms with Crippen LogP contribution in [0.2, 0.25) is 0 Å². The van der Waals surface area contributed by atoms with E-state index in [2.05, 4.69) is 31.4 Å². The molecule has 0 unspecified atom stereocenters. The maximum absolute atomic E-state index is 13.0. The van der Waals surface area contributed by atoms with E-state index in [1.165, 1.54) is 0 Å². The van der Waals surface area contributed by atoms with Crippen molar-refractivity contribution < 1.29 is 14.4 Å². The lowest BCUT2D eigenvalue weighted by Crippen LogP contribution is -2.51. The Labute approximate surface area is 167 Å². The molecule has 1 saturated heterocycles. The summed E-state index contributed by atoms with van der Waals surface area (Å²) in [7, 11) is 0. The molecule has 1 aromatic rings. The zero-order valence-electron chi connectivity index (χ0n) is 17.3. The van der Waals surface area contributed by atoms with Gasteiger partial charge in [0.15, 0.2) is 0 Å². The van der Waals surface area contributed by atoms with Crippen LogP contribution >= 0.6 is 0 Å². The summed E-state index contributed by atoms with van der Waals surface area (Å²) >= 11 is 0. The second-order valence-corrected chi connectivity index (χ2v) is 8.88. The number of hydrogen-bond acceptors (Lipinski definition) is 3. The van der Waals surface area contributed by atoms with Crippen molar-refractivity contribution in [3.63, 3.8) is 0 Å². The number of imide groups is 1. The Morgan fingerprint density at radius 2 is 1.89 bits per heavy atom. The Morgan fingerprint density at radius 1 is 1.25 bits per heavy atom. The fraction of sp³-hybridized carbons (Fsp3) is 0.591. The minimum absolute atomic E-state index is 0.236. The second-order valence-electron chi connectivity index (χ2n) is 8.88. The van der Waals surface area contributed by atoms with Crippen LogP contribution in [0, 0.1) is 18.3 Å². The third kappa shape index (κ3) is 3.77. The average molecular weight is 386 g/mol. The molecule has 0 bridgehead atoms. The lowest BCUT2D eigenvalue weighted by molar-refractivity contribution is -0.135. The smallest absolute Gasteiger partial charge is 0.324 e. The van der Waals surface area contributed by atoms with E-state index in [9.17, 15) is 14.4 Å². The minimum Gasteiger partial charge on any atom is -0.324 e. The lowest BCUT2D eigenvalue weighted by Gasteiger charge is -2.42. The van der Waals surface area contributed by atoms with Crippen molar-refractivity contribution in [3.8, 4) is 0 Å². The molecular formula is C22H31N3O3. The van der Waals surface area contributed by atoms with Gasteiger partial charge in [-0.3, -0.25) is 14.5 Å². The standard InChI is InChI=1S/C22H31N3O3/c1-5-21(3,4)16-10-12-22(13-11-16)19(27)25(20(28)24-22)14-18(26)23-17-9-7-6-8-15(17)2/h6-9,16H,5,10-14H2,1-4H3,(H,23,26)(H,24,28). The number of nitrogens with zero attached hydrogens (tertiary/aromatic N) is 1. The summed E-state index contributed by atoms with van der Waals surface area (Å²) < 4.78 is 0. The molecule has 2 N–H and O–H groups in total. The highest BCUT2D eigenvalue weighted by atomic mass is 16.2. The molecule has 1 aliphatic heterocycles. The van der Waals surface area contributed by atoms with Crippen molar-refractivity contribution in [2.24, 2.45) is 11.3 Å². The van der Waals surface area contributed by atoms with E-state index in [1.54, 1.807) is 6.07 Å². The van der Waals surface area contributed by atoms with Crippen molar-refractivity contribution in [2.75, 3.05) is 11.9 Å². The van der Waals surface area contributed by atoms with E-state index in [0.29, 0.717) is 24.4 Å². The molecule has 1 aliphatic carbocycles. The Morgan fingerprint density at radius 3 is 2.50 bits per heavy atom. The Bertz CT molecular complexity index is 779. The van der Waals surface area contributed by atoms with Crippen molar-refractivity contribution >= 4 is 23.5 Å². The van der Waals surface area contributed by atoms with Crippen LogP contribution in [0.3, 0.4) is 0 Å². The molecule has 1 saturated carbocycles. The predicted molar refractivity (Wildman–Crippen MR) is 109 cm³/mol. The maximum Gasteiger partial charge on any atom is 0.325 e. The van der Waals surface area contributed by atoms with Crippen LogP contribution in [0.25, 0.3) is 0 Å². The predicted octanol–water partition coefficient (Wildman–Crippen LogP) is 3.85. The number of aryl methyl sites for hydroxylation is 1. The van der Waals surface area contributed by atoms with E-state index in [1.807, 2.05) is 25.1 Å². The van der Waals surface area contributed by atoms with Gasteiger partial charge in [-0.25, -0.2) is 4.79 Å². The number of nitrogens with one attached hydrogen (secondary N) is 2. The summed E-state index contributed by atoms with van der Waals surface area (Å²) in [6.45, 7) is 8.38. The summed E-state index contributed by atoms with van der Waals surface area (Å²) in [6, 6.07) is 6.97. The second kappa shape index (κ2) is 7.57. The van der Waals surface area contributed by atoms with Crippen LogP contribution in [0.1, 0.15) is 58.4 Å². The highest BCUT2D eigenvalue weighted by Gasteiger charge is 2.53. The molecule has 0 aromatic heterocycles. The largest absolute Gasteiger partial charge is 0.325 e. The first-order chi connectivity index (χ1) is 13.2. The van der Waals surface area contributed by atoms with E-state index in [0.717, 1.165) is 29.7 Å². The quantitative estimate of drug-likeness (QED) is 0.756. The summed E-state index contributed by atoms with van der Waals surface area (Å²) in [5.41, 5.74) is 1.03. The van der Waals surface area contributed by atoms with Gasteiger partial charge in [0.1, 0.15) is 12.1 Å². The first-order valence-corrected chi connectivity index (χ1v) is 10.2. The molecule has 1 heterocycles. The summed E-state index contributed by atoms with van der Waals surface area (Å²) in [5.74, 6) is -0.0768. The first-order valence-electron chi connectivity index (χ1n) is 10.2. The number of carbonyl (C=O) groups excluding carboxylic acids is 3. The number of amides is 4. The molecule has 4 amide bonds.